The van der Waals surface area contributed by atoms with Gasteiger partial charge in [-0.3, -0.25) is 14.3 Å². The Bertz CT molecular complexity index is 549. The summed E-state index contributed by atoms with van der Waals surface area (Å²) in [7, 11) is 1.90. The number of aryl methyl sites for hydroxylation is 1. The van der Waals surface area contributed by atoms with E-state index in [1.165, 1.54) is 6.92 Å². The van der Waals surface area contributed by atoms with E-state index in [4.69, 9.17) is 0 Å². The van der Waals surface area contributed by atoms with Crippen LogP contribution in [0.2, 0.25) is 0 Å². The topological polar surface area (TPSA) is 70.5 Å². The van der Waals surface area contributed by atoms with E-state index >= 15 is 0 Å². The summed E-state index contributed by atoms with van der Waals surface area (Å²) in [4.78, 5) is 27.2. The van der Waals surface area contributed by atoms with Gasteiger partial charge in [0.15, 0.2) is 0 Å². The maximum atomic E-state index is 12.1. The van der Waals surface area contributed by atoms with Gasteiger partial charge in [0.1, 0.15) is 0 Å². The highest BCUT2D eigenvalue weighted by molar-refractivity contribution is 5.83. The predicted molar refractivity (Wildman–Crippen MR) is 77.7 cm³/mol. The van der Waals surface area contributed by atoms with Crippen LogP contribution in [0.5, 0.6) is 0 Å². The zero-order valence-electron chi connectivity index (χ0n) is 12.5. The number of hydrogen-bond acceptors (Lipinski definition) is 4. The SMILES string of the molecule is CC(=O)N1CC(C(=O)NC2CCN(c3cnn(C)c3)C2)C1. The molecule has 2 aliphatic rings. The minimum absolute atomic E-state index is 0.0404. The highest BCUT2D eigenvalue weighted by Crippen LogP contribution is 2.21. The fraction of sp³-hybridized carbons (Fsp3) is 0.643. The Kier molecular flexibility index (Phi) is 3.57. The quantitative estimate of drug-likeness (QED) is 0.822. The summed E-state index contributed by atoms with van der Waals surface area (Å²) in [5.74, 6) is 0.0783. The highest BCUT2D eigenvalue weighted by atomic mass is 16.2. The summed E-state index contributed by atoms with van der Waals surface area (Å²) in [5.41, 5.74) is 1.10. The van der Waals surface area contributed by atoms with Crippen LogP contribution in [-0.4, -0.2) is 58.7 Å². The third-order valence-corrected chi connectivity index (χ3v) is 4.29. The maximum Gasteiger partial charge on any atom is 0.226 e. The number of amides is 2. The maximum absolute atomic E-state index is 12.1. The first-order valence-corrected chi connectivity index (χ1v) is 7.32. The largest absolute Gasteiger partial charge is 0.367 e. The van der Waals surface area contributed by atoms with Gasteiger partial charge in [-0.2, -0.15) is 5.10 Å². The average molecular weight is 291 g/mol. The number of anilines is 1. The van der Waals surface area contributed by atoms with Crippen molar-refractivity contribution in [3.8, 4) is 0 Å². The van der Waals surface area contributed by atoms with Gasteiger partial charge in [-0.25, -0.2) is 0 Å². The molecule has 7 nitrogen and oxygen atoms in total. The summed E-state index contributed by atoms with van der Waals surface area (Å²) in [6.45, 7) is 4.40. The number of carbonyl (C=O) groups excluding carboxylic acids is 2. The molecule has 1 N–H and O–H groups in total. The van der Waals surface area contributed by atoms with Crippen LogP contribution in [0, 0.1) is 5.92 Å². The van der Waals surface area contributed by atoms with Crippen LogP contribution in [0.3, 0.4) is 0 Å². The summed E-state index contributed by atoms with van der Waals surface area (Å²) in [5, 5.41) is 7.27. The van der Waals surface area contributed by atoms with E-state index in [1.807, 2.05) is 19.4 Å². The number of likely N-dealkylation sites (tertiary alicyclic amines) is 1. The Hall–Kier alpha value is -2.05. The lowest BCUT2D eigenvalue weighted by Gasteiger charge is -2.38. The van der Waals surface area contributed by atoms with Gasteiger partial charge < -0.3 is 15.1 Å². The third-order valence-electron chi connectivity index (χ3n) is 4.29. The molecule has 0 saturated carbocycles. The van der Waals surface area contributed by atoms with Crippen LogP contribution in [0.1, 0.15) is 13.3 Å². The summed E-state index contributed by atoms with van der Waals surface area (Å²) >= 11 is 0. The van der Waals surface area contributed by atoms with E-state index in [1.54, 1.807) is 9.58 Å². The lowest BCUT2D eigenvalue weighted by atomic mass is 9.98. The molecule has 114 valence electrons. The molecule has 2 amide bonds. The molecule has 7 heteroatoms. The molecule has 0 radical (unpaired) electrons. The molecular weight excluding hydrogens is 270 g/mol. The molecule has 1 aromatic heterocycles. The van der Waals surface area contributed by atoms with Crippen LogP contribution in [0.4, 0.5) is 5.69 Å². The molecule has 2 saturated heterocycles. The van der Waals surface area contributed by atoms with Crippen molar-refractivity contribution in [1.82, 2.24) is 20.0 Å². The second kappa shape index (κ2) is 5.38. The second-order valence-electron chi connectivity index (χ2n) is 5.93. The summed E-state index contributed by atoms with van der Waals surface area (Å²) < 4.78 is 1.78. The van der Waals surface area contributed by atoms with Crippen LogP contribution in [-0.2, 0) is 16.6 Å². The van der Waals surface area contributed by atoms with Crippen molar-refractivity contribution in [3.63, 3.8) is 0 Å². The van der Waals surface area contributed by atoms with Gasteiger partial charge >= 0.3 is 0 Å². The van der Waals surface area contributed by atoms with Crippen molar-refractivity contribution in [1.29, 1.82) is 0 Å². The number of aromatic nitrogens is 2. The van der Waals surface area contributed by atoms with Gasteiger partial charge in [-0.05, 0) is 6.42 Å². The van der Waals surface area contributed by atoms with Crippen molar-refractivity contribution in [3.05, 3.63) is 12.4 Å². The van der Waals surface area contributed by atoms with E-state index in [0.29, 0.717) is 13.1 Å². The molecule has 3 heterocycles. The van der Waals surface area contributed by atoms with Crippen LogP contribution >= 0.6 is 0 Å². The zero-order chi connectivity index (χ0) is 15.0. The Morgan fingerprint density at radius 3 is 2.71 bits per heavy atom. The number of rotatable bonds is 3. The van der Waals surface area contributed by atoms with E-state index in [0.717, 1.165) is 25.2 Å². The Balaban J connectivity index is 1.47. The molecule has 1 atom stereocenters. The smallest absolute Gasteiger partial charge is 0.226 e. The molecule has 2 aliphatic heterocycles. The fourth-order valence-corrected chi connectivity index (χ4v) is 2.90. The van der Waals surface area contributed by atoms with E-state index in [2.05, 4.69) is 15.3 Å². The van der Waals surface area contributed by atoms with Gasteiger partial charge in [0.2, 0.25) is 11.8 Å². The number of hydrogen-bond donors (Lipinski definition) is 1. The van der Waals surface area contributed by atoms with E-state index in [9.17, 15) is 9.59 Å². The van der Waals surface area contributed by atoms with Crippen LogP contribution in [0.15, 0.2) is 12.4 Å². The molecule has 1 aromatic rings. The average Bonchev–Trinajstić information content (AvgIpc) is 2.95. The lowest BCUT2D eigenvalue weighted by molar-refractivity contribution is -0.141. The third kappa shape index (κ3) is 2.86. The molecule has 0 aromatic carbocycles. The standard InChI is InChI=1S/C14H21N5O2/c1-10(20)19-6-11(7-19)14(21)16-12-3-4-18(8-12)13-5-15-17(2)9-13/h5,9,11-12H,3-4,6-8H2,1-2H3,(H,16,21). The Labute approximate surface area is 123 Å². The Morgan fingerprint density at radius 1 is 1.33 bits per heavy atom. The van der Waals surface area contributed by atoms with Crippen molar-refractivity contribution in [2.45, 2.75) is 19.4 Å². The number of carbonyl (C=O) groups is 2. The minimum atomic E-state index is -0.0404. The molecule has 0 aliphatic carbocycles. The van der Waals surface area contributed by atoms with Gasteiger partial charge in [0.25, 0.3) is 0 Å². The molecule has 0 spiro atoms. The fourth-order valence-electron chi connectivity index (χ4n) is 2.90. The highest BCUT2D eigenvalue weighted by Gasteiger charge is 2.35. The van der Waals surface area contributed by atoms with Gasteiger partial charge in [-0.15, -0.1) is 0 Å². The van der Waals surface area contributed by atoms with Crippen molar-refractivity contribution >= 4 is 17.5 Å². The van der Waals surface area contributed by atoms with Crippen LogP contribution < -0.4 is 10.2 Å². The van der Waals surface area contributed by atoms with Gasteiger partial charge in [-0.1, -0.05) is 0 Å². The summed E-state index contributed by atoms with van der Waals surface area (Å²) in [6.07, 6.45) is 4.78. The molecule has 3 rings (SSSR count). The molecule has 1 unspecified atom stereocenters. The van der Waals surface area contributed by atoms with Crippen molar-refractivity contribution in [2.75, 3.05) is 31.1 Å². The molecule has 2 fully saturated rings. The zero-order valence-corrected chi connectivity index (χ0v) is 12.5. The first kappa shape index (κ1) is 13.9. The van der Waals surface area contributed by atoms with Crippen molar-refractivity contribution < 1.29 is 9.59 Å². The van der Waals surface area contributed by atoms with Crippen LogP contribution in [0.25, 0.3) is 0 Å². The van der Waals surface area contributed by atoms with E-state index in [-0.39, 0.29) is 23.8 Å². The van der Waals surface area contributed by atoms with E-state index < -0.39 is 0 Å². The van der Waals surface area contributed by atoms with Gasteiger partial charge in [0, 0.05) is 52.4 Å². The van der Waals surface area contributed by atoms with Gasteiger partial charge in [0.05, 0.1) is 17.8 Å². The first-order chi connectivity index (χ1) is 10.0. The monoisotopic (exact) mass is 291 g/mol. The number of nitrogens with zero attached hydrogens (tertiary/aromatic N) is 4. The molecular formula is C14H21N5O2. The first-order valence-electron chi connectivity index (χ1n) is 7.32. The normalized spacial score (nSPS) is 22.3. The molecule has 0 bridgehead atoms. The minimum Gasteiger partial charge on any atom is -0.367 e. The predicted octanol–water partition coefficient (Wildman–Crippen LogP) is -0.407. The summed E-state index contributed by atoms with van der Waals surface area (Å²) in [6, 6.07) is 0.184. The lowest BCUT2D eigenvalue weighted by Crippen LogP contribution is -2.56. The molecule has 21 heavy (non-hydrogen) atoms. The second-order valence-corrected chi connectivity index (χ2v) is 5.93. The van der Waals surface area contributed by atoms with Crippen molar-refractivity contribution in [2.24, 2.45) is 13.0 Å². The number of nitrogens with one attached hydrogen (secondary N) is 1. The Morgan fingerprint density at radius 2 is 2.10 bits per heavy atom.